The van der Waals surface area contributed by atoms with Crippen LogP contribution in [-0.2, 0) is 13.6 Å². The predicted molar refractivity (Wildman–Crippen MR) is 36.5 cm³/mol. The summed E-state index contributed by atoms with van der Waals surface area (Å²) in [5, 5.41) is 3.79. The Hall–Kier alpha value is -1.10. The third-order valence-corrected chi connectivity index (χ3v) is 1.23. The minimum Gasteiger partial charge on any atom is -0.329 e. The van der Waals surface area contributed by atoms with Crippen molar-refractivity contribution in [3.05, 3.63) is 16.8 Å². The lowest BCUT2D eigenvalue weighted by Crippen LogP contribution is -2.26. The Kier molecular flexibility index (Phi) is 1.86. The summed E-state index contributed by atoms with van der Waals surface area (Å²) in [5.41, 5.74) is 5.11. The summed E-state index contributed by atoms with van der Waals surface area (Å²) >= 11 is 0. The van der Waals surface area contributed by atoms with E-state index in [1.165, 1.54) is 15.6 Å². The molecule has 5 heteroatoms. The Balaban J connectivity index is 2.95. The van der Waals surface area contributed by atoms with E-state index in [1.54, 1.807) is 7.05 Å². The van der Waals surface area contributed by atoms with E-state index in [9.17, 15) is 4.79 Å². The topological polar surface area (TPSA) is 65.8 Å². The van der Waals surface area contributed by atoms with E-state index in [0.29, 0.717) is 13.1 Å². The molecule has 0 atom stereocenters. The number of hydrogen-bond acceptors (Lipinski definition) is 3. The SMILES string of the molecule is Cn1cnn(CCN)c1=O. The molecule has 0 fully saturated rings. The van der Waals surface area contributed by atoms with Crippen molar-refractivity contribution in [3.8, 4) is 0 Å². The fourth-order valence-corrected chi connectivity index (χ4v) is 0.696. The summed E-state index contributed by atoms with van der Waals surface area (Å²) in [5.74, 6) is 0. The molecule has 0 saturated heterocycles. The Morgan fingerprint density at radius 2 is 2.50 bits per heavy atom. The number of aryl methyl sites for hydroxylation is 1. The van der Waals surface area contributed by atoms with Gasteiger partial charge in [0.2, 0.25) is 0 Å². The Labute approximate surface area is 58.1 Å². The average molecular weight is 142 g/mol. The largest absolute Gasteiger partial charge is 0.345 e. The third kappa shape index (κ3) is 1.08. The normalized spacial score (nSPS) is 10.2. The third-order valence-electron chi connectivity index (χ3n) is 1.23. The number of nitrogens with zero attached hydrogens (tertiary/aromatic N) is 3. The fraction of sp³-hybridized carbons (Fsp3) is 0.600. The first-order valence-corrected chi connectivity index (χ1v) is 3.04. The van der Waals surface area contributed by atoms with Crippen molar-refractivity contribution in [2.75, 3.05) is 6.54 Å². The van der Waals surface area contributed by atoms with Gasteiger partial charge >= 0.3 is 5.69 Å². The monoisotopic (exact) mass is 142 g/mol. The van der Waals surface area contributed by atoms with E-state index < -0.39 is 0 Å². The molecule has 0 amide bonds. The van der Waals surface area contributed by atoms with Crippen LogP contribution in [0.3, 0.4) is 0 Å². The van der Waals surface area contributed by atoms with Gasteiger partial charge in [0.05, 0.1) is 6.54 Å². The van der Waals surface area contributed by atoms with Gasteiger partial charge in [-0.2, -0.15) is 5.10 Å². The lowest BCUT2D eigenvalue weighted by atomic mass is 10.7. The summed E-state index contributed by atoms with van der Waals surface area (Å²) in [7, 11) is 1.66. The van der Waals surface area contributed by atoms with Gasteiger partial charge < -0.3 is 5.73 Å². The number of nitrogens with two attached hydrogens (primary N) is 1. The Morgan fingerprint density at radius 1 is 1.80 bits per heavy atom. The molecule has 0 aliphatic heterocycles. The van der Waals surface area contributed by atoms with Crippen LogP contribution in [0.25, 0.3) is 0 Å². The van der Waals surface area contributed by atoms with Crippen molar-refractivity contribution < 1.29 is 0 Å². The van der Waals surface area contributed by atoms with Crippen LogP contribution in [0.2, 0.25) is 0 Å². The second-order valence-electron chi connectivity index (χ2n) is 2.04. The van der Waals surface area contributed by atoms with Gasteiger partial charge in [0.1, 0.15) is 6.33 Å². The second kappa shape index (κ2) is 2.66. The zero-order valence-corrected chi connectivity index (χ0v) is 5.82. The first-order valence-electron chi connectivity index (χ1n) is 3.04. The lowest BCUT2D eigenvalue weighted by molar-refractivity contribution is 0.594. The molecule has 1 aromatic rings. The van der Waals surface area contributed by atoms with E-state index in [0.717, 1.165) is 0 Å². The minimum atomic E-state index is -0.120. The minimum absolute atomic E-state index is 0.120. The van der Waals surface area contributed by atoms with Crippen molar-refractivity contribution >= 4 is 0 Å². The summed E-state index contributed by atoms with van der Waals surface area (Å²) in [6.45, 7) is 0.927. The Morgan fingerprint density at radius 3 is 2.90 bits per heavy atom. The van der Waals surface area contributed by atoms with Crippen molar-refractivity contribution in [1.82, 2.24) is 14.3 Å². The highest BCUT2D eigenvalue weighted by Crippen LogP contribution is 1.72. The van der Waals surface area contributed by atoms with Gasteiger partial charge in [-0.25, -0.2) is 9.48 Å². The zero-order chi connectivity index (χ0) is 7.56. The van der Waals surface area contributed by atoms with E-state index >= 15 is 0 Å². The molecule has 0 bridgehead atoms. The van der Waals surface area contributed by atoms with Crippen molar-refractivity contribution in [2.45, 2.75) is 6.54 Å². The van der Waals surface area contributed by atoms with Crippen LogP contribution in [0.5, 0.6) is 0 Å². The maximum Gasteiger partial charge on any atom is 0.345 e. The van der Waals surface area contributed by atoms with Crippen LogP contribution >= 0.6 is 0 Å². The number of aromatic nitrogens is 3. The van der Waals surface area contributed by atoms with E-state index in [2.05, 4.69) is 5.10 Å². The average Bonchev–Trinajstić information content (AvgIpc) is 2.20. The van der Waals surface area contributed by atoms with Gasteiger partial charge in [-0.1, -0.05) is 0 Å². The molecular weight excluding hydrogens is 132 g/mol. The summed E-state index contributed by atoms with van der Waals surface area (Å²) in [4.78, 5) is 11.0. The Bertz CT molecular complexity index is 261. The van der Waals surface area contributed by atoms with Crippen LogP contribution in [0.4, 0.5) is 0 Å². The maximum atomic E-state index is 11.0. The highest BCUT2D eigenvalue weighted by molar-refractivity contribution is 4.64. The van der Waals surface area contributed by atoms with Crippen LogP contribution in [0, 0.1) is 0 Å². The van der Waals surface area contributed by atoms with Crippen LogP contribution in [0.1, 0.15) is 0 Å². The molecule has 1 rings (SSSR count). The summed E-state index contributed by atoms with van der Waals surface area (Å²) < 4.78 is 2.75. The number of rotatable bonds is 2. The fourth-order valence-electron chi connectivity index (χ4n) is 0.696. The lowest BCUT2D eigenvalue weighted by Gasteiger charge is -1.91. The van der Waals surface area contributed by atoms with E-state index in [1.807, 2.05) is 0 Å². The molecule has 56 valence electrons. The molecule has 0 aromatic carbocycles. The molecule has 0 spiro atoms. The smallest absolute Gasteiger partial charge is 0.329 e. The zero-order valence-electron chi connectivity index (χ0n) is 5.82. The molecule has 2 N–H and O–H groups in total. The predicted octanol–water partition coefficient (Wildman–Crippen LogP) is -1.46. The first kappa shape index (κ1) is 7.01. The number of hydrogen-bond donors (Lipinski definition) is 1. The van der Waals surface area contributed by atoms with Crippen molar-refractivity contribution in [2.24, 2.45) is 12.8 Å². The van der Waals surface area contributed by atoms with E-state index in [4.69, 9.17) is 5.73 Å². The van der Waals surface area contributed by atoms with E-state index in [-0.39, 0.29) is 5.69 Å². The second-order valence-corrected chi connectivity index (χ2v) is 2.04. The molecule has 5 nitrogen and oxygen atoms in total. The van der Waals surface area contributed by atoms with Gasteiger partial charge in [-0.05, 0) is 0 Å². The molecule has 0 radical (unpaired) electrons. The van der Waals surface area contributed by atoms with Crippen LogP contribution < -0.4 is 11.4 Å². The standard InChI is InChI=1S/C5H10N4O/c1-8-4-7-9(3-2-6)5(8)10/h4H,2-3,6H2,1H3. The van der Waals surface area contributed by atoms with Gasteiger partial charge in [-0.15, -0.1) is 0 Å². The summed E-state index contributed by atoms with van der Waals surface area (Å²) in [6, 6.07) is 0. The van der Waals surface area contributed by atoms with Gasteiger partial charge in [0, 0.05) is 13.6 Å². The molecule has 1 heterocycles. The van der Waals surface area contributed by atoms with Crippen molar-refractivity contribution in [1.29, 1.82) is 0 Å². The van der Waals surface area contributed by atoms with Gasteiger partial charge in [-0.3, -0.25) is 4.57 Å². The molecule has 10 heavy (non-hydrogen) atoms. The van der Waals surface area contributed by atoms with Crippen LogP contribution in [-0.4, -0.2) is 20.9 Å². The van der Waals surface area contributed by atoms with Crippen molar-refractivity contribution in [3.63, 3.8) is 0 Å². The molecule has 0 unspecified atom stereocenters. The van der Waals surface area contributed by atoms with Gasteiger partial charge in [0.15, 0.2) is 0 Å². The highest BCUT2D eigenvalue weighted by atomic mass is 16.2. The van der Waals surface area contributed by atoms with Crippen LogP contribution in [0.15, 0.2) is 11.1 Å². The maximum absolute atomic E-state index is 11.0. The summed E-state index contributed by atoms with van der Waals surface area (Å²) in [6.07, 6.45) is 1.47. The highest BCUT2D eigenvalue weighted by Gasteiger charge is 1.97. The molecule has 0 aliphatic rings. The molecule has 1 aromatic heterocycles. The quantitative estimate of drug-likeness (QED) is 0.549. The molecule has 0 saturated carbocycles. The molecular formula is C5H10N4O. The first-order chi connectivity index (χ1) is 4.75. The van der Waals surface area contributed by atoms with Gasteiger partial charge in [0.25, 0.3) is 0 Å². The molecule has 0 aliphatic carbocycles.